The number of likely N-dealkylation sites (tertiary alicyclic amines) is 1. The molecule has 4 aliphatic rings. The van der Waals surface area contributed by atoms with Crippen LogP contribution in [0, 0.1) is 5.92 Å². The lowest BCUT2D eigenvalue weighted by atomic mass is 9.84. The first-order chi connectivity index (χ1) is 13.9. The first-order valence-electron chi connectivity index (χ1n) is 10.2. The fourth-order valence-corrected chi connectivity index (χ4v) is 4.71. The molecule has 1 aromatic rings. The van der Waals surface area contributed by atoms with Crippen molar-refractivity contribution < 1.29 is 0 Å². The first kappa shape index (κ1) is 17.2. The van der Waals surface area contributed by atoms with Gasteiger partial charge in [-0.15, -0.1) is 10.2 Å². The molecule has 1 saturated heterocycles. The molecular weight excluding hydrogens is 346 g/mol. The third kappa shape index (κ3) is 3.21. The quantitative estimate of drug-likeness (QED) is 0.862. The molecule has 0 saturated carbocycles. The summed E-state index contributed by atoms with van der Waals surface area (Å²) in [5.74, 6) is 1.33. The zero-order valence-electron chi connectivity index (χ0n) is 16.0. The number of allylic oxidation sites excluding steroid dienone is 12. The number of tetrazole rings is 1. The Bertz CT molecular complexity index is 940. The maximum absolute atomic E-state index is 4.21. The fourth-order valence-electron chi connectivity index (χ4n) is 4.71. The van der Waals surface area contributed by atoms with Crippen LogP contribution in [0.4, 0.5) is 0 Å². The summed E-state index contributed by atoms with van der Waals surface area (Å²) in [6, 6.07) is 0.523. The van der Waals surface area contributed by atoms with Crippen molar-refractivity contribution in [1.82, 2.24) is 25.5 Å². The van der Waals surface area contributed by atoms with Gasteiger partial charge in [0.05, 0.1) is 6.04 Å². The second-order valence-corrected chi connectivity index (χ2v) is 7.71. The summed E-state index contributed by atoms with van der Waals surface area (Å²) in [6.07, 6.45) is 28.0. The average Bonchev–Trinajstić information content (AvgIpc) is 3.18. The van der Waals surface area contributed by atoms with E-state index in [1.54, 1.807) is 0 Å². The van der Waals surface area contributed by atoms with Crippen molar-refractivity contribution in [2.75, 3.05) is 6.54 Å². The second-order valence-electron chi connectivity index (χ2n) is 7.71. The zero-order chi connectivity index (χ0) is 18.8. The summed E-state index contributed by atoms with van der Waals surface area (Å²) in [4.78, 5) is 2.62. The Kier molecular flexibility index (Phi) is 4.65. The molecule has 1 aromatic heterocycles. The van der Waals surface area contributed by atoms with Crippen molar-refractivity contribution in [2.45, 2.75) is 38.1 Å². The highest BCUT2D eigenvalue weighted by Crippen LogP contribution is 2.37. The molecule has 1 fully saturated rings. The van der Waals surface area contributed by atoms with E-state index in [1.165, 1.54) is 29.7 Å². The van der Waals surface area contributed by atoms with Gasteiger partial charge in [0, 0.05) is 23.7 Å². The summed E-state index contributed by atoms with van der Waals surface area (Å²) in [6.45, 7) is 1.16. The molecule has 2 unspecified atom stereocenters. The van der Waals surface area contributed by atoms with E-state index >= 15 is 0 Å². The van der Waals surface area contributed by atoms with Gasteiger partial charge >= 0.3 is 0 Å². The minimum absolute atomic E-state index is 0.523. The molecule has 5 rings (SSSR count). The number of aromatic nitrogens is 4. The molecule has 0 amide bonds. The lowest BCUT2D eigenvalue weighted by Crippen LogP contribution is -2.43. The maximum atomic E-state index is 4.21. The number of hydrogen-bond acceptors (Lipinski definition) is 4. The average molecular weight is 371 g/mol. The number of H-pyrrole nitrogens is 1. The molecular formula is C23H25N5. The molecule has 1 N–H and O–H groups in total. The van der Waals surface area contributed by atoms with Crippen LogP contribution in [0.3, 0.4) is 0 Å². The van der Waals surface area contributed by atoms with Crippen molar-refractivity contribution in [3.63, 3.8) is 0 Å². The van der Waals surface area contributed by atoms with Gasteiger partial charge in [0.1, 0.15) is 0 Å². The second kappa shape index (κ2) is 7.58. The molecule has 2 atom stereocenters. The Labute approximate surface area is 165 Å². The van der Waals surface area contributed by atoms with E-state index in [2.05, 4.69) is 86.3 Å². The van der Waals surface area contributed by atoms with Gasteiger partial charge in [-0.3, -0.25) is 0 Å². The highest BCUT2D eigenvalue weighted by Gasteiger charge is 2.31. The van der Waals surface area contributed by atoms with E-state index in [0.717, 1.165) is 31.4 Å². The van der Waals surface area contributed by atoms with Gasteiger partial charge in [0.25, 0.3) is 0 Å². The number of hydrogen-bond donors (Lipinski definition) is 1. The molecule has 5 heteroatoms. The zero-order valence-corrected chi connectivity index (χ0v) is 16.0. The summed E-state index contributed by atoms with van der Waals surface area (Å²) in [7, 11) is 0. The predicted molar refractivity (Wildman–Crippen MR) is 111 cm³/mol. The van der Waals surface area contributed by atoms with Gasteiger partial charge in [-0.1, -0.05) is 54.7 Å². The monoisotopic (exact) mass is 371 g/mol. The lowest BCUT2D eigenvalue weighted by molar-refractivity contribution is 0.182. The van der Waals surface area contributed by atoms with Crippen molar-refractivity contribution >= 4 is 5.57 Å². The van der Waals surface area contributed by atoms with Crippen LogP contribution in [0.25, 0.3) is 5.57 Å². The summed E-state index contributed by atoms with van der Waals surface area (Å²) in [5.41, 5.74) is 5.09. The van der Waals surface area contributed by atoms with Crippen LogP contribution < -0.4 is 0 Å². The smallest absolute Gasteiger partial charge is 0.204 e. The normalized spacial score (nSPS) is 26.8. The van der Waals surface area contributed by atoms with Gasteiger partial charge in [0.15, 0.2) is 0 Å². The number of aromatic amines is 1. The molecule has 2 heterocycles. The van der Waals surface area contributed by atoms with E-state index in [4.69, 9.17) is 0 Å². The van der Waals surface area contributed by atoms with Gasteiger partial charge in [0.2, 0.25) is 5.82 Å². The van der Waals surface area contributed by atoms with Crippen LogP contribution in [0.5, 0.6) is 0 Å². The number of nitrogens with zero attached hydrogens (tertiary/aromatic N) is 4. The van der Waals surface area contributed by atoms with Gasteiger partial charge in [-0.25, -0.2) is 0 Å². The highest BCUT2D eigenvalue weighted by atomic mass is 15.5. The summed E-state index contributed by atoms with van der Waals surface area (Å²) in [5, 5.41) is 14.7. The first-order valence-corrected chi connectivity index (χ1v) is 10.2. The van der Waals surface area contributed by atoms with E-state index < -0.39 is 0 Å². The fraction of sp³-hybridized carbons (Fsp3) is 0.348. The van der Waals surface area contributed by atoms with E-state index in [0.29, 0.717) is 17.8 Å². The van der Waals surface area contributed by atoms with Crippen LogP contribution in [0.1, 0.15) is 37.9 Å². The topological polar surface area (TPSA) is 57.7 Å². The molecule has 0 aromatic carbocycles. The Morgan fingerprint density at radius 1 is 1.00 bits per heavy atom. The minimum Gasteiger partial charge on any atom is -0.368 e. The molecule has 0 spiro atoms. The van der Waals surface area contributed by atoms with Crippen molar-refractivity contribution in [3.8, 4) is 0 Å². The van der Waals surface area contributed by atoms with Crippen LogP contribution in [0.15, 0.2) is 77.6 Å². The van der Waals surface area contributed by atoms with Gasteiger partial charge in [-0.2, -0.15) is 5.21 Å². The molecule has 28 heavy (non-hydrogen) atoms. The predicted octanol–water partition coefficient (Wildman–Crippen LogP) is 4.28. The largest absolute Gasteiger partial charge is 0.368 e. The Morgan fingerprint density at radius 3 is 2.82 bits per heavy atom. The molecule has 5 nitrogen and oxygen atoms in total. The van der Waals surface area contributed by atoms with Crippen LogP contribution in [0.2, 0.25) is 0 Å². The third-order valence-corrected chi connectivity index (χ3v) is 6.09. The van der Waals surface area contributed by atoms with E-state index in [1.807, 2.05) is 0 Å². The van der Waals surface area contributed by atoms with Gasteiger partial charge < -0.3 is 4.90 Å². The Hall–Kier alpha value is -2.95. The van der Waals surface area contributed by atoms with E-state index in [9.17, 15) is 0 Å². The van der Waals surface area contributed by atoms with Crippen molar-refractivity contribution in [2.24, 2.45) is 5.92 Å². The molecule has 142 valence electrons. The van der Waals surface area contributed by atoms with Crippen molar-refractivity contribution in [3.05, 3.63) is 83.4 Å². The third-order valence-electron chi connectivity index (χ3n) is 6.09. The number of nitrogens with one attached hydrogen (secondary N) is 1. The lowest BCUT2D eigenvalue weighted by Gasteiger charge is -2.43. The molecule has 1 aliphatic heterocycles. The number of piperidine rings is 1. The van der Waals surface area contributed by atoms with Gasteiger partial charge in [-0.05, 0) is 54.5 Å². The summed E-state index contributed by atoms with van der Waals surface area (Å²) < 4.78 is 0. The van der Waals surface area contributed by atoms with Crippen LogP contribution >= 0.6 is 0 Å². The maximum Gasteiger partial charge on any atom is 0.204 e. The van der Waals surface area contributed by atoms with Crippen molar-refractivity contribution in [1.29, 1.82) is 0 Å². The summed E-state index contributed by atoms with van der Waals surface area (Å²) >= 11 is 0. The van der Waals surface area contributed by atoms with Crippen LogP contribution in [-0.4, -0.2) is 38.1 Å². The molecule has 0 radical (unpaired) electrons. The number of fused-ring (bicyclic) bond motifs is 1. The SMILES string of the molecule is C1=CCC=C(c2nn[nH]n2)C(C2=CC=C(N3CCCC4C=CC=CC43)CC2)=C1. The Morgan fingerprint density at radius 2 is 1.96 bits per heavy atom. The minimum atomic E-state index is 0.523. The highest BCUT2D eigenvalue weighted by molar-refractivity contribution is 5.81. The Balaban J connectivity index is 1.42. The molecule has 3 aliphatic carbocycles. The van der Waals surface area contributed by atoms with E-state index in [-0.39, 0.29) is 0 Å². The number of rotatable bonds is 3. The molecule has 0 bridgehead atoms. The van der Waals surface area contributed by atoms with Crippen LogP contribution in [-0.2, 0) is 0 Å². The standard InChI is InChI=1S/C23H25N5/c1-2-9-20(21(10-3-1)23-24-26-27-25-23)17-12-14-19(15-13-17)28-16-6-8-18-7-4-5-11-22(18)28/h1-2,4-5,7,9-12,14,18,22H,3,6,8,13,15-16H2,(H,24,25,26,27).